The maximum Gasteiger partial charge on any atom is 0.305 e. The Morgan fingerprint density at radius 2 is 1.72 bits per heavy atom. The lowest BCUT2D eigenvalue weighted by molar-refractivity contribution is -0.143. The van der Waals surface area contributed by atoms with Gasteiger partial charge in [-0.3, -0.25) is 4.79 Å². The monoisotopic (exact) mass is 254 g/mol. The lowest BCUT2D eigenvalue weighted by Gasteiger charge is -2.04. The highest BCUT2D eigenvalue weighted by molar-refractivity contribution is 5.69. The number of hydrogen-bond donors (Lipinski definition) is 0. The van der Waals surface area contributed by atoms with E-state index in [-0.39, 0.29) is 5.97 Å². The predicted molar refractivity (Wildman–Crippen MR) is 75.5 cm³/mol. The second-order valence-corrected chi connectivity index (χ2v) is 5.68. The van der Waals surface area contributed by atoms with E-state index in [4.69, 9.17) is 4.74 Å². The predicted octanol–water partition coefficient (Wildman–Crippen LogP) is 4.86. The molecule has 1 aliphatic rings. The summed E-state index contributed by atoms with van der Waals surface area (Å²) in [6.07, 6.45) is 14.6. The molecule has 0 heterocycles. The Morgan fingerprint density at radius 3 is 2.44 bits per heavy atom. The van der Waals surface area contributed by atoms with Crippen molar-refractivity contribution in [1.29, 1.82) is 0 Å². The van der Waals surface area contributed by atoms with Gasteiger partial charge in [0, 0.05) is 6.42 Å². The van der Waals surface area contributed by atoms with Crippen LogP contribution in [-0.2, 0) is 9.53 Å². The minimum atomic E-state index is -0.00261. The molecule has 1 rings (SSSR count). The van der Waals surface area contributed by atoms with E-state index >= 15 is 0 Å². The maximum absolute atomic E-state index is 11.3. The van der Waals surface area contributed by atoms with Crippen LogP contribution in [0.5, 0.6) is 0 Å². The molecular formula is C16H30O2. The first-order valence-corrected chi connectivity index (χ1v) is 7.98. The number of carbonyl (C=O) groups excluding carboxylic acids is 1. The van der Waals surface area contributed by atoms with Crippen LogP contribution in [0, 0.1) is 5.92 Å². The Balaban J connectivity index is 1.72. The number of rotatable bonds is 12. The minimum absolute atomic E-state index is 0.00261. The third kappa shape index (κ3) is 9.49. The van der Waals surface area contributed by atoms with Crippen molar-refractivity contribution in [1.82, 2.24) is 0 Å². The van der Waals surface area contributed by atoms with E-state index in [2.05, 4.69) is 6.92 Å². The Bertz CT molecular complexity index is 209. The molecule has 18 heavy (non-hydrogen) atoms. The van der Waals surface area contributed by atoms with E-state index in [1.165, 1.54) is 44.9 Å². The van der Waals surface area contributed by atoms with Crippen molar-refractivity contribution >= 4 is 5.97 Å². The molecule has 2 heteroatoms. The second-order valence-electron chi connectivity index (χ2n) is 5.68. The van der Waals surface area contributed by atoms with Crippen LogP contribution >= 0.6 is 0 Å². The number of carbonyl (C=O) groups is 1. The summed E-state index contributed by atoms with van der Waals surface area (Å²) in [5.74, 6) is 1.08. The first-order valence-electron chi connectivity index (χ1n) is 7.98. The summed E-state index contributed by atoms with van der Waals surface area (Å²) in [6, 6.07) is 0. The van der Waals surface area contributed by atoms with Gasteiger partial charge < -0.3 is 4.74 Å². The van der Waals surface area contributed by atoms with Crippen LogP contribution in [0.3, 0.4) is 0 Å². The summed E-state index contributed by atoms with van der Waals surface area (Å²) in [5.41, 5.74) is 0. The van der Waals surface area contributed by atoms with Gasteiger partial charge >= 0.3 is 5.97 Å². The lowest BCUT2D eigenvalue weighted by Crippen LogP contribution is -2.05. The smallest absolute Gasteiger partial charge is 0.305 e. The zero-order valence-corrected chi connectivity index (χ0v) is 12.1. The molecule has 106 valence electrons. The van der Waals surface area contributed by atoms with E-state index in [9.17, 15) is 4.79 Å². The molecule has 0 amide bonds. The van der Waals surface area contributed by atoms with Crippen molar-refractivity contribution < 1.29 is 9.53 Å². The Hall–Kier alpha value is -0.530. The molecule has 1 fully saturated rings. The van der Waals surface area contributed by atoms with E-state index in [1.54, 1.807) is 0 Å². The van der Waals surface area contributed by atoms with Crippen LogP contribution in [0.4, 0.5) is 0 Å². The third-order valence-electron chi connectivity index (χ3n) is 3.70. The fraction of sp³-hybridized carbons (Fsp3) is 0.938. The molecule has 1 aliphatic carbocycles. The summed E-state index contributed by atoms with van der Waals surface area (Å²) in [7, 11) is 0. The third-order valence-corrected chi connectivity index (χ3v) is 3.70. The van der Waals surface area contributed by atoms with E-state index < -0.39 is 0 Å². The Morgan fingerprint density at radius 1 is 1.00 bits per heavy atom. The summed E-state index contributed by atoms with van der Waals surface area (Å²) in [5, 5.41) is 0. The summed E-state index contributed by atoms with van der Waals surface area (Å²) < 4.78 is 5.20. The fourth-order valence-corrected chi connectivity index (χ4v) is 2.25. The lowest BCUT2D eigenvalue weighted by atomic mass is 10.1. The van der Waals surface area contributed by atoms with E-state index in [0.717, 1.165) is 31.6 Å². The maximum atomic E-state index is 11.3. The van der Waals surface area contributed by atoms with Gasteiger partial charge in [0.25, 0.3) is 0 Å². The van der Waals surface area contributed by atoms with Crippen LogP contribution < -0.4 is 0 Å². The fourth-order valence-electron chi connectivity index (χ4n) is 2.25. The molecule has 0 aromatic rings. The molecule has 2 nitrogen and oxygen atoms in total. The Labute approximate surface area is 112 Å². The number of ether oxygens (including phenoxy) is 1. The van der Waals surface area contributed by atoms with Crippen molar-refractivity contribution in [3.05, 3.63) is 0 Å². The largest absolute Gasteiger partial charge is 0.466 e. The highest BCUT2D eigenvalue weighted by Crippen LogP contribution is 2.34. The van der Waals surface area contributed by atoms with Gasteiger partial charge in [-0.1, -0.05) is 64.7 Å². The van der Waals surface area contributed by atoms with Gasteiger partial charge in [-0.05, 0) is 18.8 Å². The molecule has 0 radical (unpaired) electrons. The molecule has 0 bridgehead atoms. The summed E-state index contributed by atoms with van der Waals surface area (Å²) >= 11 is 0. The highest BCUT2D eigenvalue weighted by atomic mass is 16.5. The molecule has 0 unspecified atom stereocenters. The zero-order valence-electron chi connectivity index (χ0n) is 12.1. The number of unbranched alkanes of at least 4 members (excludes halogenated alkanes) is 6. The molecule has 0 atom stereocenters. The van der Waals surface area contributed by atoms with E-state index in [0.29, 0.717) is 13.0 Å². The van der Waals surface area contributed by atoms with Crippen molar-refractivity contribution in [3.8, 4) is 0 Å². The van der Waals surface area contributed by atoms with Crippen molar-refractivity contribution in [3.63, 3.8) is 0 Å². The van der Waals surface area contributed by atoms with Crippen molar-refractivity contribution in [2.24, 2.45) is 5.92 Å². The number of esters is 1. The molecule has 0 aromatic carbocycles. The first-order chi connectivity index (χ1) is 8.83. The van der Waals surface area contributed by atoms with Gasteiger partial charge in [0.05, 0.1) is 6.61 Å². The van der Waals surface area contributed by atoms with E-state index in [1.807, 2.05) is 0 Å². The molecule has 0 saturated heterocycles. The van der Waals surface area contributed by atoms with Crippen molar-refractivity contribution in [2.75, 3.05) is 6.61 Å². The second kappa shape index (κ2) is 10.4. The number of hydrogen-bond acceptors (Lipinski definition) is 2. The van der Waals surface area contributed by atoms with Gasteiger partial charge in [-0.2, -0.15) is 0 Å². The highest BCUT2D eigenvalue weighted by Gasteiger charge is 2.19. The van der Waals surface area contributed by atoms with Gasteiger partial charge in [0.15, 0.2) is 0 Å². The van der Waals surface area contributed by atoms with Crippen molar-refractivity contribution in [2.45, 2.75) is 84.0 Å². The summed E-state index contributed by atoms with van der Waals surface area (Å²) in [6.45, 7) is 2.78. The molecule has 0 spiro atoms. The minimum Gasteiger partial charge on any atom is -0.466 e. The molecule has 0 aromatic heterocycles. The van der Waals surface area contributed by atoms with Crippen LogP contribution in [0.1, 0.15) is 84.0 Å². The molecular weight excluding hydrogens is 224 g/mol. The SMILES string of the molecule is CCCCCC(=O)OCCCCCCCC1CC1. The normalized spacial score (nSPS) is 14.7. The molecule has 0 aliphatic heterocycles. The standard InChI is InChI=1S/C16H30O2/c1-2-3-7-11-16(17)18-14-9-6-4-5-8-10-15-12-13-15/h15H,2-14H2,1H3. The average molecular weight is 254 g/mol. The Kier molecular flexibility index (Phi) is 8.97. The topological polar surface area (TPSA) is 26.3 Å². The van der Waals surface area contributed by atoms with Gasteiger partial charge in [-0.15, -0.1) is 0 Å². The van der Waals surface area contributed by atoms with Gasteiger partial charge in [0.1, 0.15) is 0 Å². The van der Waals surface area contributed by atoms with Crippen LogP contribution in [0.25, 0.3) is 0 Å². The van der Waals surface area contributed by atoms with Crippen LogP contribution in [0.2, 0.25) is 0 Å². The van der Waals surface area contributed by atoms with Gasteiger partial charge in [0.2, 0.25) is 0 Å². The first kappa shape index (κ1) is 15.5. The summed E-state index contributed by atoms with van der Waals surface area (Å²) in [4.78, 5) is 11.3. The van der Waals surface area contributed by atoms with Crippen LogP contribution in [0.15, 0.2) is 0 Å². The van der Waals surface area contributed by atoms with Crippen LogP contribution in [-0.4, -0.2) is 12.6 Å². The molecule has 0 N–H and O–H groups in total. The van der Waals surface area contributed by atoms with Gasteiger partial charge in [-0.25, -0.2) is 0 Å². The quantitative estimate of drug-likeness (QED) is 0.367. The molecule has 1 saturated carbocycles. The zero-order chi connectivity index (χ0) is 13.1. The average Bonchev–Trinajstić information content (AvgIpc) is 3.17.